The Labute approximate surface area is 115 Å². The summed E-state index contributed by atoms with van der Waals surface area (Å²) < 4.78 is 5.20. The molecule has 0 radical (unpaired) electrons. The fourth-order valence-corrected chi connectivity index (χ4v) is 2.97. The molecular weight excluding hydrogens is 248 g/mol. The Bertz CT molecular complexity index is 260. The van der Waals surface area contributed by atoms with Crippen molar-refractivity contribution in [2.24, 2.45) is 0 Å². The molecule has 2 atom stereocenters. The second-order valence-corrected chi connectivity index (χ2v) is 7.01. The second kappa shape index (κ2) is 7.24. The van der Waals surface area contributed by atoms with E-state index >= 15 is 0 Å². The number of hydrogen-bond acceptors (Lipinski definition) is 4. The highest BCUT2D eigenvalue weighted by molar-refractivity contribution is 7.99. The van der Waals surface area contributed by atoms with Gasteiger partial charge in [0.2, 0.25) is 0 Å². The molecule has 4 nitrogen and oxygen atoms in total. The molecule has 1 heterocycles. The molecule has 1 rings (SSSR count). The lowest BCUT2D eigenvalue weighted by Crippen LogP contribution is -2.46. The van der Waals surface area contributed by atoms with Crippen LogP contribution < -0.4 is 10.6 Å². The van der Waals surface area contributed by atoms with Crippen LogP contribution in [0.2, 0.25) is 0 Å². The van der Waals surface area contributed by atoms with Crippen molar-refractivity contribution in [2.45, 2.75) is 58.2 Å². The molecule has 0 aromatic carbocycles. The Kier molecular flexibility index (Phi) is 6.29. The molecule has 0 aliphatic carbocycles. The van der Waals surface area contributed by atoms with E-state index in [1.54, 1.807) is 0 Å². The van der Waals surface area contributed by atoms with Gasteiger partial charge in [0.15, 0.2) is 0 Å². The summed E-state index contributed by atoms with van der Waals surface area (Å²) in [7, 11) is 0. The van der Waals surface area contributed by atoms with Crippen molar-refractivity contribution in [1.82, 2.24) is 10.6 Å². The SMILES string of the molecule is CC(CNC(=O)OC(C)(C)C)NC1CCCSC1. The first-order valence-electron chi connectivity index (χ1n) is 6.67. The monoisotopic (exact) mass is 274 g/mol. The van der Waals surface area contributed by atoms with Gasteiger partial charge in [-0.25, -0.2) is 4.79 Å². The third-order valence-corrected chi connectivity index (χ3v) is 3.85. The highest BCUT2D eigenvalue weighted by Crippen LogP contribution is 2.17. The Hall–Kier alpha value is -0.420. The molecule has 2 N–H and O–H groups in total. The van der Waals surface area contributed by atoms with Crippen LogP contribution in [-0.2, 0) is 4.74 Å². The average molecular weight is 274 g/mol. The zero-order chi connectivity index (χ0) is 13.6. The number of nitrogens with one attached hydrogen (secondary N) is 2. The van der Waals surface area contributed by atoms with E-state index in [4.69, 9.17) is 4.74 Å². The van der Waals surface area contributed by atoms with Crippen LogP contribution in [0.3, 0.4) is 0 Å². The van der Waals surface area contributed by atoms with E-state index in [9.17, 15) is 4.79 Å². The predicted molar refractivity (Wildman–Crippen MR) is 77.2 cm³/mol. The summed E-state index contributed by atoms with van der Waals surface area (Å²) in [5, 5.41) is 6.34. The molecule has 0 spiro atoms. The normalized spacial score (nSPS) is 22.3. The number of hydrogen-bond donors (Lipinski definition) is 2. The minimum absolute atomic E-state index is 0.279. The summed E-state index contributed by atoms with van der Waals surface area (Å²) in [6, 6.07) is 0.861. The lowest BCUT2D eigenvalue weighted by atomic mass is 10.1. The third-order valence-electron chi connectivity index (χ3n) is 2.63. The molecule has 1 saturated heterocycles. The van der Waals surface area contributed by atoms with Gasteiger partial charge in [-0.1, -0.05) is 0 Å². The number of rotatable bonds is 4. The van der Waals surface area contributed by atoms with E-state index < -0.39 is 5.60 Å². The molecule has 1 amide bonds. The second-order valence-electron chi connectivity index (χ2n) is 5.86. The molecule has 2 unspecified atom stereocenters. The van der Waals surface area contributed by atoms with Crippen LogP contribution in [0, 0.1) is 0 Å². The zero-order valence-corrected chi connectivity index (χ0v) is 12.7. The molecular formula is C13H26N2O2S. The van der Waals surface area contributed by atoms with Crippen molar-refractivity contribution in [3.63, 3.8) is 0 Å². The first-order valence-corrected chi connectivity index (χ1v) is 7.83. The first-order chi connectivity index (χ1) is 8.37. The summed E-state index contributed by atoms with van der Waals surface area (Å²) in [5.41, 5.74) is -0.430. The van der Waals surface area contributed by atoms with E-state index in [1.165, 1.54) is 24.3 Å². The van der Waals surface area contributed by atoms with Gasteiger partial charge in [-0.2, -0.15) is 11.8 Å². The highest BCUT2D eigenvalue weighted by Gasteiger charge is 2.18. The Balaban J connectivity index is 2.16. The van der Waals surface area contributed by atoms with Gasteiger partial charge < -0.3 is 15.4 Å². The van der Waals surface area contributed by atoms with Crippen LogP contribution in [-0.4, -0.2) is 41.8 Å². The fraction of sp³-hybridized carbons (Fsp3) is 0.923. The quantitative estimate of drug-likeness (QED) is 0.826. The van der Waals surface area contributed by atoms with Crippen LogP contribution in [0.5, 0.6) is 0 Å². The van der Waals surface area contributed by atoms with Gasteiger partial charge in [0, 0.05) is 24.4 Å². The van der Waals surface area contributed by atoms with Gasteiger partial charge in [0.1, 0.15) is 5.60 Å². The Morgan fingerprint density at radius 3 is 2.78 bits per heavy atom. The topological polar surface area (TPSA) is 50.4 Å². The van der Waals surface area contributed by atoms with E-state index in [2.05, 4.69) is 17.6 Å². The number of amides is 1. The number of carbonyl (C=O) groups excluding carboxylic acids is 1. The van der Waals surface area contributed by atoms with E-state index in [1.807, 2.05) is 32.5 Å². The maximum absolute atomic E-state index is 11.5. The average Bonchev–Trinajstić information content (AvgIpc) is 2.25. The van der Waals surface area contributed by atoms with Crippen LogP contribution in [0.25, 0.3) is 0 Å². The molecule has 5 heteroatoms. The van der Waals surface area contributed by atoms with E-state index in [-0.39, 0.29) is 12.1 Å². The van der Waals surface area contributed by atoms with Crippen molar-refractivity contribution in [3.8, 4) is 0 Å². The highest BCUT2D eigenvalue weighted by atomic mass is 32.2. The molecule has 106 valence electrons. The summed E-state index contributed by atoms with van der Waals surface area (Å²) in [6.07, 6.45) is 2.19. The molecule has 0 aromatic rings. The van der Waals surface area contributed by atoms with Crippen molar-refractivity contribution < 1.29 is 9.53 Å². The molecule has 1 aliphatic rings. The summed E-state index contributed by atoms with van der Waals surface area (Å²) in [6.45, 7) is 8.31. The van der Waals surface area contributed by atoms with Gasteiger partial charge in [-0.15, -0.1) is 0 Å². The smallest absolute Gasteiger partial charge is 0.407 e. The van der Waals surface area contributed by atoms with Gasteiger partial charge in [0.25, 0.3) is 0 Å². The molecule has 0 aromatic heterocycles. The number of carbonyl (C=O) groups is 1. The minimum Gasteiger partial charge on any atom is -0.444 e. The summed E-state index contributed by atoms with van der Waals surface area (Å²) in [5.74, 6) is 2.46. The maximum Gasteiger partial charge on any atom is 0.407 e. The maximum atomic E-state index is 11.5. The minimum atomic E-state index is -0.430. The van der Waals surface area contributed by atoms with Crippen molar-refractivity contribution >= 4 is 17.9 Å². The first kappa shape index (κ1) is 15.6. The number of ether oxygens (including phenoxy) is 1. The standard InChI is InChI=1S/C13H26N2O2S/c1-10(15-11-6-5-7-18-9-11)8-14-12(16)17-13(2,3)4/h10-11,15H,5-9H2,1-4H3,(H,14,16). The van der Waals surface area contributed by atoms with Gasteiger partial charge in [0.05, 0.1) is 0 Å². The fourth-order valence-electron chi connectivity index (χ4n) is 1.88. The molecule has 0 bridgehead atoms. The van der Waals surface area contributed by atoms with Crippen LogP contribution in [0.4, 0.5) is 4.79 Å². The zero-order valence-electron chi connectivity index (χ0n) is 11.9. The van der Waals surface area contributed by atoms with Gasteiger partial charge >= 0.3 is 6.09 Å². The van der Waals surface area contributed by atoms with Gasteiger partial charge in [-0.3, -0.25) is 0 Å². The third kappa shape index (κ3) is 7.11. The largest absolute Gasteiger partial charge is 0.444 e. The molecule has 0 saturated carbocycles. The number of thioether (sulfide) groups is 1. The van der Waals surface area contributed by atoms with Gasteiger partial charge in [-0.05, 0) is 46.3 Å². The Morgan fingerprint density at radius 2 is 2.22 bits per heavy atom. The Morgan fingerprint density at radius 1 is 1.50 bits per heavy atom. The molecule has 18 heavy (non-hydrogen) atoms. The van der Waals surface area contributed by atoms with Crippen molar-refractivity contribution in [1.29, 1.82) is 0 Å². The van der Waals surface area contributed by atoms with E-state index in [0.29, 0.717) is 12.6 Å². The predicted octanol–water partition coefficient (Wildman–Crippen LogP) is 2.38. The van der Waals surface area contributed by atoms with Crippen LogP contribution >= 0.6 is 11.8 Å². The lowest BCUT2D eigenvalue weighted by Gasteiger charge is -2.27. The molecule has 1 fully saturated rings. The number of alkyl carbamates (subject to hydrolysis) is 1. The molecule has 1 aliphatic heterocycles. The van der Waals surface area contributed by atoms with Crippen molar-refractivity contribution in [2.75, 3.05) is 18.1 Å². The summed E-state index contributed by atoms with van der Waals surface area (Å²) in [4.78, 5) is 11.5. The summed E-state index contributed by atoms with van der Waals surface area (Å²) >= 11 is 2.00. The van der Waals surface area contributed by atoms with Crippen LogP contribution in [0.15, 0.2) is 0 Å². The van der Waals surface area contributed by atoms with Crippen LogP contribution in [0.1, 0.15) is 40.5 Å². The van der Waals surface area contributed by atoms with E-state index in [0.717, 1.165) is 0 Å². The van der Waals surface area contributed by atoms with Crippen molar-refractivity contribution in [3.05, 3.63) is 0 Å². The lowest BCUT2D eigenvalue weighted by molar-refractivity contribution is 0.0522.